The number of rotatable bonds is 8. The van der Waals surface area contributed by atoms with Gasteiger partial charge in [-0.15, -0.1) is 0 Å². The molecule has 1 aromatic rings. The van der Waals surface area contributed by atoms with E-state index in [0.29, 0.717) is 26.0 Å². The number of esters is 1. The lowest BCUT2D eigenvalue weighted by Crippen LogP contribution is -2.34. The van der Waals surface area contributed by atoms with Gasteiger partial charge < -0.3 is 15.8 Å². The molecule has 0 saturated heterocycles. The van der Waals surface area contributed by atoms with Crippen molar-refractivity contribution in [2.75, 3.05) is 19.7 Å². The third kappa shape index (κ3) is 5.40. The number of carbonyl (C=O) groups excluding carboxylic acids is 2. The van der Waals surface area contributed by atoms with E-state index in [4.69, 9.17) is 10.5 Å². The molecule has 0 aliphatic heterocycles. The molecule has 0 heterocycles. The van der Waals surface area contributed by atoms with Gasteiger partial charge >= 0.3 is 5.97 Å². The van der Waals surface area contributed by atoms with Crippen molar-refractivity contribution in [1.82, 2.24) is 5.32 Å². The van der Waals surface area contributed by atoms with Crippen LogP contribution >= 0.6 is 0 Å². The Balaban J connectivity index is 2.36. The van der Waals surface area contributed by atoms with E-state index in [1.165, 1.54) is 0 Å². The van der Waals surface area contributed by atoms with Crippen LogP contribution in [-0.4, -0.2) is 31.6 Å². The van der Waals surface area contributed by atoms with Crippen molar-refractivity contribution >= 4 is 11.9 Å². The first kappa shape index (κ1) is 16.2. The molecule has 1 amide bonds. The van der Waals surface area contributed by atoms with E-state index in [-0.39, 0.29) is 24.3 Å². The normalized spacial score (nSPS) is 11.7. The van der Waals surface area contributed by atoms with Crippen molar-refractivity contribution in [3.05, 3.63) is 35.9 Å². The minimum absolute atomic E-state index is 0.109. The molecule has 0 saturated carbocycles. The van der Waals surface area contributed by atoms with Gasteiger partial charge in [0.15, 0.2) is 0 Å². The van der Waals surface area contributed by atoms with Crippen LogP contribution in [0.15, 0.2) is 30.3 Å². The first-order chi connectivity index (χ1) is 9.69. The highest BCUT2D eigenvalue weighted by Crippen LogP contribution is 2.13. The maximum Gasteiger partial charge on any atom is 0.305 e. The molecule has 3 N–H and O–H groups in total. The molecule has 0 fully saturated rings. The molecule has 1 aromatic carbocycles. The van der Waals surface area contributed by atoms with Crippen LogP contribution in [0.5, 0.6) is 0 Å². The zero-order valence-corrected chi connectivity index (χ0v) is 11.8. The molecule has 0 aliphatic carbocycles. The summed E-state index contributed by atoms with van der Waals surface area (Å²) < 4.78 is 4.82. The zero-order chi connectivity index (χ0) is 14.8. The highest BCUT2D eigenvalue weighted by Gasteiger charge is 2.18. The molecule has 5 nitrogen and oxygen atoms in total. The first-order valence-corrected chi connectivity index (χ1v) is 6.87. The van der Waals surface area contributed by atoms with E-state index >= 15 is 0 Å². The van der Waals surface area contributed by atoms with Crippen LogP contribution in [0.25, 0.3) is 0 Å². The molecule has 20 heavy (non-hydrogen) atoms. The Hall–Kier alpha value is -1.88. The number of amides is 1. The van der Waals surface area contributed by atoms with Crippen molar-refractivity contribution in [1.29, 1.82) is 0 Å². The van der Waals surface area contributed by atoms with E-state index in [0.717, 1.165) is 5.56 Å². The molecule has 0 radical (unpaired) electrons. The molecular formula is C15H22N2O3. The predicted octanol–water partition coefficient (Wildman–Crippen LogP) is 1.19. The summed E-state index contributed by atoms with van der Waals surface area (Å²) in [6, 6.07) is 9.43. The third-order valence-electron chi connectivity index (χ3n) is 2.92. The Bertz CT molecular complexity index is 420. The fourth-order valence-electron chi connectivity index (χ4n) is 1.88. The second-order valence-corrected chi connectivity index (χ2v) is 4.40. The predicted molar refractivity (Wildman–Crippen MR) is 77.1 cm³/mol. The third-order valence-corrected chi connectivity index (χ3v) is 2.92. The lowest BCUT2D eigenvalue weighted by Gasteiger charge is -2.15. The Morgan fingerprint density at radius 1 is 1.30 bits per heavy atom. The van der Waals surface area contributed by atoms with Crippen LogP contribution in [0, 0.1) is 0 Å². The smallest absolute Gasteiger partial charge is 0.305 e. The molecular weight excluding hydrogens is 256 g/mol. The van der Waals surface area contributed by atoms with E-state index in [1.54, 1.807) is 6.92 Å². The minimum Gasteiger partial charge on any atom is -0.466 e. The van der Waals surface area contributed by atoms with Crippen molar-refractivity contribution in [2.45, 2.75) is 25.7 Å². The Morgan fingerprint density at radius 2 is 2.00 bits per heavy atom. The standard InChI is InChI=1S/C15H22N2O3/c1-2-20-14(18)9-6-10-17-15(19)13(11-16)12-7-4-3-5-8-12/h3-5,7-8,13H,2,6,9-11,16H2,1H3,(H,17,19). The number of nitrogens with two attached hydrogens (primary N) is 1. The SMILES string of the molecule is CCOC(=O)CCCNC(=O)C(CN)c1ccccc1. The second-order valence-electron chi connectivity index (χ2n) is 4.40. The molecule has 0 aliphatic rings. The average Bonchev–Trinajstić information content (AvgIpc) is 2.46. The quantitative estimate of drug-likeness (QED) is 0.553. The molecule has 110 valence electrons. The van der Waals surface area contributed by atoms with E-state index in [2.05, 4.69) is 5.32 Å². The maximum absolute atomic E-state index is 12.0. The summed E-state index contributed by atoms with van der Waals surface area (Å²) >= 11 is 0. The van der Waals surface area contributed by atoms with Crippen molar-refractivity contribution in [3.8, 4) is 0 Å². The van der Waals surface area contributed by atoms with Gasteiger partial charge in [-0.1, -0.05) is 30.3 Å². The molecule has 1 rings (SSSR count). The zero-order valence-electron chi connectivity index (χ0n) is 11.8. The summed E-state index contributed by atoms with van der Waals surface area (Å²) in [4.78, 5) is 23.2. The van der Waals surface area contributed by atoms with E-state index in [9.17, 15) is 9.59 Å². The number of nitrogens with one attached hydrogen (secondary N) is 1. The van der Waals surface area contributed by atoms with Gasteiger partial charge in [0.1, 0.15) is 0 Å². The number of benzene rings is 1. The summed E-state index contributed by atoms with van der Waals surface area (Å²) in [5.74, 6) is -0.693. The monoisotopic (exact) mass is 278 g/mol. The number of carbonyl (C=O) groups is 2. The van der Waals surface area contributed by atoms with Gasteiger partial charge in [-0.2, -0.15) is 0 Å². The lowest BCUT2D eigenvalue weighted by atomic mass is 9.98. The van der Waals surface area contributed by atoms with Gasteiger partial charge in [0.25, 0.3) is 0 Å². The van der Waals surface area contributed by atoms with Gasteiger partial charge in [0.05, 0.1) is 12.5 Å². The van der Waals surface area contributed by atoms with Crippen molar-refractivity contribution in [3.63, 3.8) is 0 Å². The maximum atomic E-state index is 12.0. The summed E-state index contributed by atoms with van der Waals surface area (Å²) in [6.07, 6.45) is 0.878. The van der Waals surface area contributed by atoms with E-state index < -0.39 is 0 Å². The van der Waals surface area contributed by atoms with Crippen LogP contribution in [0.1, 0.15) is 31.2 Å². The number of hydrogen-bond acceptors (Lipinski definition) is 4. The average molecular weight is 278 g/mol. The fraction of sp³-hybridized carbons (Fsp3) is 0.467. The second kappa shape index (κ2) is 9.09. The minimum atomic E-state index is -0.348. The summed E-state index contributed by atoms with van der Waals surface area (Å²) in [5.41, 5.74) is 6.56. The van der Waals surface area contributed by atoms with Crippen LogP contribution in [-0.2, 0) is 14.3 Å². The highest BCUT2D eigenvalue weighted by atomic mass is 16.5. The molecule has 0 spiro atoms. The van der Waals surface area contributed by atoms with Crippen molar-refractivity contribution < 1.29 is 14.3 Å². The Kier molecular flexibility index (Phi) is 7.35. The topological polar surface area (TPSA) is 81.4 Å². The van der Waals surface area contributed by atoms with Crippen LogP contribution in [0.4, 0.5) is 0 Å². The van der Waals surface area contributed by atoms with E-state index in [1.807, 2.05) is 30.3 Å². The highest BCUT2D eigenvalue weighted by molar-refractivity contribution is 5.83. The van der Waals surface area contributed by atoms with Gasteiger partial charge in [-0.3, -0.25) is 9.59 Å². The van der Waals surface area contributed by atoms with Gasteiger partial charge in [-0.05, 0) is 18.9 Å². The molecule has 1 atom stereocenters. The summed E-state index contributed by atoms with van der Waals surface area (Å²) in [6.45, 7) is 2.86. The van der Waals surface area contributed by atoms with Crippen LogP contribution < -0.4 is 11.1 Å². The fourth-order valence-corrected chi connectivity index (χ4v) is 1.88. The van der Waals surface area contributed by atoms with Gasteiger partial charge in [0.2, 0.25) is 5.91 Å². The van der Waals surface area contributed by atoms with Gasteiger partial charge in [0, 0.05) is 19.5 Å². The van der Waals surface area contributed by atoms with Crippen LogP contribution in [0.2, 0.25) is 0 Å². The Labute approximate surface area is 119 Å². The largest absolute Gasteiger partial charge is 0.466 e. The molecule has 0 bridgehead atoms. The molecule has 0 aromatic heterocycles. The summed E-state index contributed by atoms with van der Waals surface area (Å²) in [5, 5.41) is 2.80. The van der Waals surface area contributed by atoms with Crippen molar-refractivity contribution in [2.24, 2.45) is 5.73 Å². The lowest BCUT2D eigenvalue weighted by molar-refractivity contribution is -0.143. The number of hydrogen-bond donors (Lipinski definition) is 2. The van der Waals surface area contributed by atoms with Gasteiger partial charge in [-0.25, -0.2) is 0 Å². The summed E-state index contributed by atoms with van der Waals surface area (Å²) in [7, 11) is 0. The molecule has 1 unspecified atom stereocenters. The van der Waals surface area contributed by atoms with Crippen LogP contribution in [0.3, 0.4) is 0 Å². The molecule has 5 heteroatoms. The first-order valence-electron chi connectivity index (χ1n) is 6.87. The number of ether oxygens (including phenoxy) is 1. The Morgan fingerprint density at radius 3 is 2.60 bits per heavy atom.